The molecule has 0 bridgehead atoms. The zero-order valence-electron chi connectivity index (χ0n) is 8.95. The van der Waals surface area contributed by atoms with Gasteiger partial charge in [0, 0.05) is 31.8 Å². The van der Waals surface area contributed by atoms with Crippen molar-refractivity contribution < 1.29 is 9.72 Å². The zero-order valence-corrected chi connectivity index (χ0v) is 8.95. The van der Waals surface area contributed by atoms with Gasteiger partial charge in [-0.2, -0.15) is 4.99 Å². The second kappa shape index (κ2) is 5.01. The van der Waals surface area contributed by atoms with Gasteiger partial charge < -0.3 is 4.90 Å². The van der Waals surface area contributed by atoms with Crippen molar-refractivity contribution in [1.29, 1.82) is 0 Å². The molecule has 0 aliphatic carbocycles. The molecule has 1 aromatic rings. The van der Waals surface area contributed by atoms with E-state index in [1.807, 2.05) is 0 Å². The highest BCUT2D eigenvalue weighted by Crippen LogP contribution is 2.13. The van der Waals surface area contributed by atoms with Crippen molar-refractivity contribution in [2.75, 3.05) is 14.1 Å². The lowest BCUT2D eigenvalue weighted by molar-refractivity contribution is -0.384. The second-order valence-electron chi connectivity index (χ2n) is 3.32. The van der Waals surface area contributed by atoms with Crippen LogP contribution >= 0.6 is 0 Å². The van der Waals surface area contributed by atoms with Crippen LogP contribution in [0.25, 0.3) is 0 Å². The summed E-state index contributed by atoms with van der Waals surface area (Å²) in [5.74, 6) is -0.502. The molecule has 16 heavy (non-hydrogen) atoms. The third-order valence-corrected chi connectivity index (χ3v) is 1.71. The monoisotopic (exact) mass is 221 g/mol. The van der Waals surface area contributed by atoms with Crippen LogP contribution in [-0.2, 0) is 0 Å². The average Bonchev–Trinajstić information content (AvgIpc) is 2.26. The Labute approximate surface area is 92.4 Å². The largest absolute Gasteiger partial charge is 0.369 e. The Hall–Kier alpha value is -2.24. The number of rotatable bonds is 3. The van der Waals surface area contributed by atoms with Gasteiger partial charge in [0.2, 0.25) is 0 Å². The summed E-state index contributed by atoms with van der Waals surface area (Å²) < 4.78 is 0. The van der Waals surface area contributed by atoms with Crippen molar-refractivity contribution in [3.8, 4) is 0 Å². The Morgan fingerprint density at radius 1 is 1.50 bits per heavy atom. The molecule has 6 nitrogen and oxygen atoms in total. The Morgan fingerprint density at radius 2 is 2.19 bits per heavy atom. The maximum atomic E-state index is 11.5. The third kappa shape index (κ3) is 3.16. The zero-order chi connectivity index (χ0) is 12.1. The van der Waals surface area contributed by atoms with Crippen LogP contribution in [0.4, 0.5) is 5.69 Å². The second-order valence-corrected chi connectivity index (χ2v) is 3.32. The number of carbonyl (C=O) groups is 1. The molecule has 0 N–H and O–H groups in total. The Kier molecular flexibility index (Phi) is 3.71. The Bertz CT molecular complexity index is 441. The first-order valence-corrected chi connectivity index (χ1v) is 4.50. The first kappa shape index (κ1) is 11.8. The van der Waals surface area contributed by atoms with Gasteiger partial charge in [0.05, 0.1) is 11.3 Å². The number of amides is 1. The van der Waals surface area contributed by atoms with E-state index < -0.39 is 10.8 Å². The number of hydrogen-bond acceptors (Lipinski definition) is 3. The number of nitro benzene ring substituents is 1. The highest BCUT2D eigenvalue weighted by atomic mass is 16.6. The molecule has 0 aliphatic heterocycles. The molecule has 0 saturated carbocycles. The van der Waals surface area contributed by atoms with Gasteiger partial charge in [-0.15, -0.1) is 0 Å². The minimum absolute atomic E-state index is 0.120. The summed E-state index contributed by atoms with van der Waals surface area (Å²) in [6.45, 7) is 0. The van der Waals surface area contributed by atoms with Crippen LogP contribution in [0.2, 0.25) is 0 Å². The maximum Gasteiger partial charge on any atom is 0.278 e. The fourth-order valence-corrected chi connectivity index (χ4v) is 0.995. The van der Waals surface area contributed by atoms with E-state index in [1.165, 1.54) is 30.6 Å². The number of hydrogen-bond donors (Lipinski definition) is 0. The van der Waals surface area contributed by atoms with Gasteiger partial charge in [0.25, 0.3) is 11.6 Å². The fourth-order valence-electron chi connectivity index (χ4n) is 0.995. The molecule has 0 aliphatic rings. The number of aliphatic imine (C=N–C) groups is 1. The van der Waals surface area contributed by atoms with Crippen LogP contribution in [0.3, 0.4) is 0 Å². The quantitative estimate of drug-likeness (QED) is 0.334. The lowest BCUT2D eigenvalue weighted by Crippen LogP contribution is -2.09. The van der Waals surface area contributed by atoms with Gasteiger partial charge in [-0.3, -0.25) is 14.9 Å². The molecule has 0 spiro atoms. The summed E-state index contributed by atoms with van der Waals surface area (Å²) in [5, 5.41) is 10.5. The number of non-ortho nitro benzene ring substituents is 1. The lowest BCUT2D eigenvalue weighted by atomic mass is 10.2. The smallest absolute Gasteiger partial charge is 0.278 e. The Morgan fingerprint density at radius 3 is 2.75 bits per heavy atom. The standard InChI is InChI=1S/C10H11N3O3/c1-12(2)7-11-10(14)8-4-3-5-9(6-8)13(15)16/h3-7H,1-2H3. The van der Waals surface area contributed by atoms with Gasteiger partial charge in [-0.05, 0) is 6.07 Å². The van der Waals surface area contributed by atoms with E-state index in [9.17, 15) is 14.9 Å². The average molecular weight is 221 g/mol. The van der Waals surface area contributed by atoms with E-state index >= 15 is 0 Å². The van der Waals surface area contributed by atoms with Crippen molar-refractivity contribution in [2.24, 2.45) is 4.99 Å². The van der Waals surface area contributed by atoms with Crippen molar-refractivity contribution in [2.45, 2.75) is 0 Å². The van der Waals surface area contributed by atoms with Gasteiger partial charge >= 0.3 is 0 Å². The van der Waals surface area contributed by atoms with E-state index in [0.717, 1.165) is 0 Å². The van der Waals surface area contributed by atoms with E-state index in [0.29, 0.717) is 0 Å². The summed E-state index contributed by atoms with van der Waals surface area (Å²) in [4.78, 5) is 26.7. The Balaban J connectivity index is 2.92. The number of nitro groups is 1. The van der Waals surface area contributed by atoms with Crippen LogP contribution in [0.15, 0.2) is 29.3 Å². The van der Waals surface area contributed by atoms with Crippen LogP contribution in [-0.4, -0.2) is 36.2 Å². The normalized spacial score (nSPS) is 10.4. The van der Waals surface area contributed by atoms with Crippen molar-refractivity contribution in [1.82, 2.24) is 4.90 Å². The molecule has 1 rings (SSSR count). The SMILES string of the molecule is CN(C)C=NC(=O)c1cccc([N+](=O)[O-])c1. The van der Waals surface area contributed by atoms with E-state index in [2.05, 4.69) is 4.99 Å². The molecule has 84 valence electrons. The van der Waals surface area contributed by atoms with E-state index in [4.69, 9.17) is 0 Å². The summed E-state index contributed by atoms with van der Waals surface area (Å²) >= 11 is 0. The summed E-state index contributed by atoms with van der Waals surface area (Å²) in [6.07, 6.45) is 1.35. The first-order valence-electron chi connectivity index (χ1n) is 4.50. The third-order valence-electron chi connectivity index (χ3n) is 1.71. The van der Waals surface area contributed by atoms with Crippen molar-refractivity contribution in [3.05, 3.63) is 39.9 Å². The van der Waals surface area contributed by atoms with E-state index in [1.54, 1.807) is 19.0 Å². The minimum atomic E-state index is -0.549. The highest BCUT2D eigenvalue weighted by molar-refractivity contribution is 5.99. The van der Waals surface area contributed by atoms with Crippen molar-refractivity contribution >= 4 is 17.9 Å². The molecular formula is C10H11N3O3. The molecule has 0 aromatic heterocycles. The first-order chi connectivity index (χ1) is 7.50. The molecule has 1 aromatic carbocycles. The molecule has 0 radical (unpaired) electrons. The molecule has 0 atom stereocenters. The van der Waals surface area contributed by atoms with Gasteiger partial charge in [-0.25, -0.2) is 0 Å². The lowest BCUT2D eigenvalue weighted by Gasteiger charge is -2.01. The summed E-state index contributed by atoms with van der Waals surface area (Å²) in [6, 6.07) is 5.47. The van der Waals surface area contributed by atoms with Crippen LogP contribution in [0.5, 0.6) is 0 Å². The maximum absolute atomic E-state index is 11.5. The van der Waals surface area contributed by atoms with E-state index in [-0.39, 0.29) is 11.3 Å². The van der Waals surface area contributed by atoms with Gasteiger partial charge in [0.15, 0.2) is 0 Å². The van der Waals surface area contributed by atoms with Gasteiger partial charge in [0.1, 0.15) is 0 Å². The number of carbonyl (C=O) groups excluding carboxylic acids is 1. The number of benzene rings is 1. The highest BCUT2D eigenvalue weighted by Gasteiger charge is 2.09. The van der Waals surface area contributed by atoms with Crippen LogP contribution < -0.4 is 0 Å². The number of nitrogens with zero attached hydrogens (tertiary/aromatic N) is 3. The minimum Gasteiger partial charge on any atom is -0.369 e. The topological polar surface area (TPSA) is 75.8 Å². The molecule has 0 unspecified atom stereocenters. The molecular weight excluding hydrogens is 210 g/mol. The van der Waals surface area contributed by atoms with Crippen molar-refractivity contribution in [3.63, 3.8) is 0 Å². The van der Waals surface area contributed by atoms with Crippen LogP contribution in [0.1, 0.15) is 10.4 Å². The molecule has 0 heterocycles. The fraction of sp³-hybridized carbons (Fsp3) is 0.200. The predicted molar refractivity (Wildman–Crippen MR) is 59.6 cm³/mol. The molecule has 6 heteroatoms. The van der Waals surface area contributed by atoms with Gasteiger partial charge in [-0.1, -0.05) is 6.07 Å². The molecule has 1 amide bonds. The summed E-state index contributed by atoms with van der Waals surface area (Å²) in [5.41, 5.74) is 0.0817. The summed E-state index contributed by atoms with van der Waals surface area (Å²) in [7, 11) is 3.45. The predicted octanol–water partition coefficient (Wildman–Crippen LogP) is 1.32. The van der Waals surface area contributed by atoms with Crippen LogP contribution in [0, 0.1) is 10.1 Å². The molecule has 0 saturated heterocycles. The molecule has 0 fully saturated rings.